The molecule has 0 radical (unpaired) electrons. The Bertz CT molecular complexity index is 485. The standard InChI is InChI=1S/C16H26BrN3O/c1-5-9-18-14-12(17)13(11(2)3)19-15(20-14)16(4)8-6-7-10-21-16/h11H,5-10H2,1-4H3,(H,18,19,20). The lowest BCUT2D eigenvalue weighted by molar-refractivity contribution is -0.0761. The average molecular weight is 356 g/mol. The second-order valence-electron chi connectivity index (χ2n) is 6.21. The van der Waals surface area contributed by atoms with Gasteiger partial charge in [-0.3, -0.25) is 0 Å². The Hall–Kier alpha value is -0.680. The SMILES string of the molecule is CCCNc1nc(C2(C)CCCCO2)nc(C(C)C)c1Br. The first kappa shape index (κ1) is 16.7. The van der Waals surface area contributed by atoms with Gasteiger partial charge in [-0.2, -0.15) is 0 Å². The van der Waals surface area contributed by atoms with Crippen LogP contribution in [0.25, 0.3) is 0 Å². The van der Waals surface area contributed by atoms with E-state index in [1.807, 2.05) is 0 Å². The van der Waals surface area contributed by atoms with Crippen LogP contribution in [0.3, 0.4) is 0 Å². The van der Waals surface area contributed by atoms with Crippen LogP contribution < -0.4 is 5.32 Å². The minimum Gasteiger partial charge on any atom is -0.369 e. The maximum Gasteiger partial charge on any atom is 0.162 e. The molecule has 0 spiro atoms. The summed E-state index contributed by atoms with van der Waals surface area (Å²) in [6.45, 7) is 10.3. The third kappa shape index (κ3) is 3.75. The zero-order chi connectivity index (χ0) is 15.5. The van der Waals surface area contributed by atoms with Crippen molar-refractivity contribution in [3.05, 3.63) is 16.0 Å². The lowest BCUT2D eigenvalue weighted by Gasteiger charge is -2.33. The molecule has 1 aliphatic rings. The van der Waals surface area contributed by atoms with Crippen LogP contribution in [0.5, 0.6) is 0 Å². The van der Waals surface area contributed by atoms with Crippen LogP contribution in [0.1, 0.15) is 70.8 Å². The van der Waals surface area contributed by atoms with Gasteiger partial charge in [0.05, 0.1) is 10.2 Å². The van der Waals surface area contributed by atoms with Crippen molar-refractivity contribution in [3.8, 4) is 0 Å². The molecule has 1 saturated heterocycles. The lowest BCUT2D eigenvalue weighted by Crippen LogP contribution is -2.33. The summed E-state index contributed by atoms with van der Waals surface area (Å²) < 4.78 is 7.00. The second kappa shape index (κ2) is 7.05. The third-order valence-corrected chi connectivity index (χ3v) is 4.69. The van der Waals surface area contributed by atoms with Crippen molar-refractivity contribution in [2.24, 2.45) is 0 Å². The fourth-order valence-corrected chi connectivity index (χ4v) is 3.33. The number of aromatic nitrogens is 2. The topological polar surface area (TPSA) is 47.0 Å². The molecule has 0 amide bonds. The first-order valence-corrected chi connectivity index (χ1v) is 8.73. The number of ether oxygens (including phenoxy) is 1. The molecule has 1 aromatic rings. The summed E-state index contributed by atoms with van der Waals surface area (Å²) in [5.74, 6) is 2.05. The summed E-state index contributed by atoms with van der Waals surface area (Å²) >= 11 is 3.66. The van der Waals surface area contributed by atoms with E-state index in [0.29, 0.717) is 5.92 Å². The lowest BCUT2D eigenvalue weighted by atomic mass is 9.94. The zero-order valence-electron chi connectivity index (χ0n) is 13.5. The van der Waals surface area contributed by atoms with Crippen LogP contribution in [0.2, 0.25) is 0 Å². The van der Waals surface area contributed by atoms with Gasteiger partial charge in [-0.15, -0.1) is 0 Å². The highest BCUT2D eigenvalue weighted by Gasteiger charge is 2.34. The van der Waals surface area contributed by atoms with E-state index in [0.717, 1.165) is 54.2 Å². The molecule has 2 rings (SSSR count). The number of halogens is 1. The van der Waals surface area contributed by atoms with Crippen molar-refractivity contribution in [2.45, 2.75) is 64.9 Å². The van der Waals surface area contributed by atoms with Crippen LogP contribution in [0, 0.1) is 0 Å². The summed E-state index contributed by atoms with van der Waals surface area (Å²) in [4.78, 5) is 9.57. The van der Waals surface area contributed by atoms with Crippen LogP contribution in [-0.2, 0) is 10.3 Å². The molecule has 1 fully saturated rings. The molecule has 21 heavy (non-hydrogen) atoms. The van der Waals surface area contributed by atoms with E-state index in [1.54, 1.807) is 0 Å². The van der Waals surface area contributed by atoms with Crippen LogP contribution in [-0.4, -0.2) is 23.1 Å². The quantitative estimate of drug-likeness (QED) is 0.838. The Morgan fingerprint density at radius 1 is 1.33 bits per heavy atom. The van der Waals surface area contributed by atoms with E-state index >= 15 is 0 Å². The molecule has 2 heterocycles. The molecular formula is C16H26BrN3O. The average Bonchev–Trinajstić information content (AvgIpc) is 2.46. The number of anilines is 1. The molecule has 0 saturated carbocycles. The Balaban J connectivity index is 2.42. The Labute approximate surface area is 136 Å². The molecule has 1 unspecified atom stereocenters. The van der Waals surface area contributed by atoms with Gasteiger partial charge in [0.25, 0.3) is 0 Å². The molecule has 4 nitrogen and oxygen atoms in total. The normalized spacial score (nSPS) is 22.6. The van der Waals surface area contributed by atoms with E-state index in [9.17, 15) is 0 Å². The number of hydrogen-bond donors (Lipinski definition) is 1. The number of nitrogens with zero attached hydrogens (tertiary/aromatic N) is 2. The molecular weight excluding hydrogens is 330 g/mol. The molecule has 0 bridgehead atoms. The van der Waals surface area contributed by atoms with Crippen molar-refractivity contribution >= 4 is 21.7 Å². The van der Waals surface area contributed by atoms with Gasteiger partial charge in [-0.05, 0) is 54.5 Å². The minimum atomic E-state index is -0.356. The Kier molecular flexibility index (Phi) is 5.60. The Morgan fingerprint density at radius 2 is 2.10 bits per heavy atom. The number of hydrogen-bond acceptors (Lipinski definition) is 4. The minimum absolute atomic E-state index is 0.343. The predicted molar refractivity (Wildman–Crippen MR) is 89.8 cm³/mol. The maximum absolute atomic E-state index is 6.02. The first-order chi connectivity index (χ1) is 9.98. The van der Waals surface area contributed by atoms with E-state index < -0.39 is 0 Å². The number of nitrogens with one attached hydrogen (secondary N) is 1. The summed E-state index contributed by atoms with van der Waals surface area (Å²) in [7, 11) is 0. The third-order valence-electron chi connectivity index (χ3n) is 3.91. The van der Waals surface area contributed by atoms with Crippen LogP contribution in [0.15, 0.2) is 4.47 Å². The smallest absolute Gasteiger partial charge is 0.162 e. The highest BCUT2D eigenvalue weighted by molar-refractivity contribution is 9.10. The molecule has 1 aliphatic heterocycles. The summed E-state index contributed by atoms with van der Waals surface area (Å²) in [6, 6.07) is 0. The van der Waals surface area contributed by atoms with E-state index in [1.165, 1.54) is 6.42 Å². The van der Waals surface area contributed by atoms with Crippen molar-refractivity contribution in [2.75, 3.05) is 18.5 Å². The van der Waals surface area contributed by atoms with Gasteiger partial charge in [0.1, 0.15) is 11.4 Å². The zero-order valence-corrected chi connectivity index (χ0v) is 15.1. The molecule has 1 aromatic heterocycles. The highest BCUT2D eigenvalue weighted by atomic mass is 79.9. The van der Waals surface area contributed by atoms with Gasteiger partial charge in [-0.1, -0.05) is 20.8 Å². The summed E-state index contributed by atoms with van der Waals surface area (Å²) in [6.07, 6.45) is 4.35. The molecule has 1 atom stereocenters. The van der Waals surface area contributed by atoms with E-state index in [2.05, 4.69) is 48.9 Å². The molecule has 5 heteroatoms. The van der Waals surface area contributed by atoms with Gasteiger partial charge in [-0.25, -0.2) is 9.97 Å². The van der Waals surface area contributed by atoms with E-state index in [4.69, 9.17) is 14.7 Å². The Morgan fingerprint density at radius 3 is 2.67 bits per heavy atom. The summed E-state index contributed by atoms with van der Waals surface area (Å²) in [5.41, 5.74) is 0.694. The fraction of sp³-hybridized carbons (Fsp3) is 0.750. The van der Waals surface area contributed by atoms with Crippen molar-refractivity contribution < 1.29 is 4.74 Å². The second-order valence-corrected chi connectivity index (χ2v) is 7.01. The number of rotatable bonds is 5. The predicted octanol–water partition coefficient (Wildman–Crippen LogP) is 4.60. The van der Waals surface area contributed by atoms with Gasteiger partial charge in [0.15, 0.2) is 5.82 Å². The van der Waals surface area contributed by atoms with Crippen molar-refractivity contribution in [3.63, 3.8) is 0 Å². The van der Waals surface area contributed by atoms with Crippen LogP contribution in [0.4, 0.5) is 5.82 Å². The molecule has 118 valence electrons. The van der Waals surface area contributed by atoms with Gasteiger partial charge in [0, 0.05) is 13.2 Å². The van der Waals surface area contributed by atoms with Gasteiger partial charge in [0.2, 0.25) is 0 Å². The van der Waals surface area contributed by atoms with E-state index in [-0.39, 0.29) is 5.60 Å². The molecule has 0 aliphatic carbocycles. The molecule has 1 N–H and O–H groups in total. The van der Waals surface area contributed by atoms with Crippen molar-refractivity contribution in [1.29, 1.82) is 0 Å². The van der Waals surface area contributed by atoms with Crippen molar-refractivity contribution in [1.82, 2.24) is 9.97 Å². The largest absolute Gasteiger partial charge is 0.369 e. The van der Waals surface area contributed by atoms with Crippen LogP contribution >= 0.6 is 15.9 Å². The maximum atomic E-state index is 6.02. The monoisotopic (exact) mass is 355 g/mol. The first-order valence-electron chi connectivity index (χ1n) is 7.93. The summed E-state index contributed by atoms with van der Waals surface area (Å²) in [5, 5.41) is 3.40. The van der Waals surface area contributed by atoms with Gasteiger partial charge < -0.3 is 10.1 Å². The highest BCUT2D eigenvalue weighted by Crippen LogP contribution is 2.36. The van der Waals surface area contributed by atoms with Gasteiger partial charge >= 0.3 is 0 Å². The fourth-order valence-electron chi connectivity index (χ4n) is 2.55. The molecule has 0 aromatic carbocycles.